The van der Waals surface area contributed by atoms with Crippen molar-refractivity contribution in [2.45, 2.75) is 19.0 Å². The maximum atomic E-state index is 12.6. The maximum absolute atomic E-state index is 12.6. The van der Waals surface area contributed by atoms with E-state index in [1.807, 2.05) is 0 Å². The van der Waals surface area contributed by atoms with Crippen molar-refractivity contribution in [1.82, 2.24) is 4.98 Å². The van der Waals surface area contributed by atoms with E-state index < -0.39 is 41.4 Å². The van der Waals surface area contributed by atoms with Crippen molar-refractivity contribution in [2.24, 2.45) is 0 Å². The number of nitrogens with one attached hydrogen (secondary N) is 1. The number of ether oxygens (including phenoxy) is 1. The molecule has 0 atom stereocenters. The molecule has 0 saturated carbocycles. The van der Waals surface area contributed by atoms with E-state index in [0.717, 1.165) is 0 Å². The average Bonchev–Trinajstić information content (AvgIpc) is 2.18. The largest absolute Gasteiger partial charge is 0.574 e. The zero-order valence-corrected chi connectivity index (χ0v) is 8.82. The lowest BCUT2D eigenvalue weighted by Crippen LogP contribution is -2.28. The van der Waals surface area contributed by atoms with Crippen LogP contribution in [0, 0.1) is 11.3 Å². The fraction of sp³-hybridized carbons (Fsp3) is 0.333. The first kappa shape index (κ1) is 14.9. The van der Waals surface area contributed by atoms with Crippen molar-refractivity contribution in [2.75, 3.05) is 0 Å². The van der Waals surface area contributed by atoms with Crippen molar-refractivity contribution in [3.8, 4) is 11.9 Å². The summed E-state index contributed by atoms with van der Waals surface area (Å²) in [5.74, 6) is -1.76. The zero-order valence-electron chi connectivity index (χ0n) is 8.82. The molecule has 1 heterocycles. The third-order valence-corrected chi connectivity index (χ3v) is 1.89. The Balaban J connectivity index is 3.46. The average molecular weight is 286 g/mol. The minimum absolute atomic E-state index is 0.571. The minimum Gasteiger partial charge on any atom is -0.389 e. The van der Waals surface area contributed by atoms with Crippen molar-refractivity contribution < 1.29 is 31.1 Å². The van der Waals surface area contributed by atoms with Crippen molar-refractivity contribution in [1.29, 1.82) is 5.26 Å². The van der Waals surface area contributed by atoms with Crippen molar-refractivity contribution in [3.63, 3.8) is 0 Å². The molecule has 0 amide bonds. The highest BCUT2D eigenvalue weighted by atomic mass is 19.4. The molecule has 0 bridgehead atoms. The Morgan fingerprint density at radius 1 is 1.26 bits per heavy atom. The standard InChI is InChI=1S/C9H4F6N2O2/c10-8(11,12)5-6(18)4(1-2-16)3-17-7(5)19-9(13,14)15/h3H,1H2,(H,17,18). The Bertz CT molecular complexity index is 566. The van der Waals surface area contributed by atoms with Gasteiger partial charge in [-0.05, 0) is 0 Å². The van der Waals surface area contributed by atoms with Crippen molar-refractivity contribution >= 4 is 0 Å². The highest BCUT2D eigenvalue weighted by molar-refractivity contribution is 5.33. The van der Waals surface area contributed by atoms with E-state index >= 15 is 0 Å². The summed E-state index contributed by atoms with van der Waals surface area (Å²) in [6.45, 7) is 0. The molecule has 0 radical (unpaired) electrons. The molecule has 0 aliphatic heterocycles. The second-order valence-corrected chi connectivity index (χ2v) is 3.23. The highest BCUT2D eigenvalue weighted by Gasteiger charge is 2.42. The molecule has 0 aliphatic rings. The third kappa shape index (κ3) is 3.64. The van der Waals surface area contributed by atoms with E-state index in [-0.39, 0.29) is 0 Å². The molecular formula is C9H4F6N2O2. The van der Waals surface area contributed by atoms with Crippen LogP contribution in [0.15, 0.2) is 11.0 Å². The number of hydrogen-bond acceptors (Lipinski definition) is 3. The van der Waals surface area contributed by atoms with Crippen LogP contribution < -0.4 is 10.2 Å². The molecule has 4 nitrogen and oxygen atoms in total. The van der Waals surface area contributed by atoms with Gasteiger partial charge in [-0.25, -0.2) is 0 Å². The van der Waals surface area contributed by atoms with E-state index in [0.29, 0.717) is 6.20 Å². The van der Waals surface area contributed by atoms with Gasteiger partial charge in [0.1, 0.15) is 0 Å². The van der Waals surface area contributed by atoms with Crippen LogP contribution in [-0.4, -0.2) is 11.3 Å². The van der Waals surface area contributed by atoms with E-state index in [1.165, 1.54) is 6.07 Å². The molecule has 1 aromatic heterocycles. The SMILES string of the molecule is N#CCc1c[nH]c(OC(F)(F)F)c(C(F)(F)F)c1=O. The number of hydrogen-bond donors (Lipinski definition) is 1. The van der Waals surface area contributed by atoms with E-state index in [9.17, 15) is 31.1 Å². The van der Waals surface area contributed by atoms with Gasteiger partial charge in [0.05, 0.1) is 12.5 Å². The summed E-state index contributed by atoms with van der Waals surface area (Å²) in [5.41, 5.74) is -4.46. The number of pyridine rings is 1. The Morgan fingerprint density at radius 3 is 2.26 bits per heavy atom. The lowest BCUT2D eigenvalue weighted by Gasteiger charge is -2.14. The lowest BCUT2D eigenvalue weighted by atomic mass is 10.1. The first-order chi connectivity index (χ1) is 8.56. The number of H-pyrrole nitrogens is 1. The van der Waals surface area contributed by atoms with Gasteiger partial charge in [-0.1, -0.05) is 0 Å². The number of nitriles is 1. The van der Waals surface area contributed by atoms with E-state index in [1.54, 1.807) is 4.98 Å². The summed E-state index contributed by atoms with van der Waals surface area (Å²) in [4.78, 5) is 13.0. The van der Waals surface area contributed by atoms with Crippen molar-refractivity contribution in [3.05, 3.63) is 27.5 Å². The first-order valence-electron chi connectivity index (χ1n) is 4.50. The molecule has 1 aromatic rings. The summed E-state index contributed by atoms with van der Waals surface area (Å²) in [6, 6.07) is 1.42. The Hall–Kier alpha value is -2.18. The molecule has 10 heteroatoms. The molecule has 0 aromatic carbocycles. The highest BCUT2D eigenvalue weighted by Crippen LogP contribution is 2.34. The monoisotopic (exact) mass is 286 g/mol. The summed E-state index contributed by atoms with van der Waals surface area (Å²) in [5, 5.41) is 8.30. The summed E-state index contributed by atoms with van der Waals surface area (Å²) in [6.07, 6.45) is -10.8. The predicted octanol–water partition coefficient (Wildman–Crippen LogP) is 2.36. The van der Waals surface area contributed by atoms with E-state index in [4.69, 9.17) is 5.26 Å². The predicted molar refractivity (Wildman–Crippen MR) is 48.1 cm³/mol. The van der Waals surface area contributed by atoms with Crippen LogP contribution in [0.3, 0.4) is 0 Å². The quantitative estimate of drug-likeness (QED) is 0.849. The van der Waals surface area contributed by atoms with Crippen LogP contribution >= 0.6 is 0 Å². The van der Waals surface area contributed by atoms with Gasteiger partial charge in [0, 0.05) is 11.8 Å². The molecule has 1 N–H and O–H groups in total. The van der Waals surface area contributed by atoms with Crippen LogP contribution in [0.25, 0.3) is 0 Å². The Labute approximate surface area is 101 Å². The number of nitrogens with zero attached hydrogens (tertiary/aromatic N) is 1. The van der Waals surface area contributed by atoms with E-state index in [2.05, 4.69) is 4.74 Å². The maximum Gasteiger partial charge on any atom is 0.574 e. The van der Waals surface area contributed by atoms with Gasteiger partial charge < -0.3 is 9.72 Å². The molecule has 0 aliphatic carbocycles. The molecule has 0 unspecified atom stereocenters. The summed E-state index contributed by atoms with van der Waals surface area (Å²) in [7, 11) is 0. The minimum atomic E-state index is -5.39. The van der Waals surface area contributed by atoms with Gasteiger partial charge >= 0.3 is 12.5 Å². The second-order valence-electron chi connectivity index (χ2n) is 3.23. The van der Waals surface area contributed by atoms with Crippen LogP contribution in [0.5, 0.6) is 5.88 Å². The van der Waals surface area contributed by atoms with Gasteiger partial charge in [0.15, 0.2) is 5.56 Å². The molecule has 0 spiro atoms. The number of aromatic nitrogens is 1. The summed E-state index contributed by atoms with van der Waals surface area (Å²) >= 11 is 0. The van der Waals surface area contributed by atoms with Gasteiger partial charge in [-0.3, -0.25) is 4.79 Å². The smallest absolute Gasteiger partial charge is 0.389 e. The fourth-order valence-electron chi connectivity index (χ4n) is 1.22. The zero-order chi connectivity index (χ0) is 14.8. The molecule has 104 valence electrons. The number of aromatic amines is 1. The van der Waals surface area contributed by atoms with Crippen LogP contribution in [0.2, 0.25) is 0 Å². The molecule has 1 rings (SSSR count). The summed E-state index contributed by atoms with van der Waals surface area (Å²) < 4.78 is 76.6. The normalized spacial score (nSPS) is 12.1. The number of halogens is 6. The molecule has 0 saturated heterocycles. The number of rotatable bonds is 2. The van der Waals surface area contributed by atoms with Crippen LogP contribution in [0.4, 0.5) is 26.3 Å². The first-order valence-corrected chi connectivity index (χ1v) is 4.50. The van der Waals surface area contributed by atoms with Gasteiger partial charge in [-0.15, -0.1) is 13.2 Å². The van der Waals surface area contributed by atoms with Crippen LogP contribution in [0.1, 0.15) is 11.1 Å². The molecular weight excluding hydrogens is 282 g/mol. The lowest BCUT2D eigenvalue weighted by molar-refractivity contribution is -0.278. The third-order valence-electron chi connectivity index (χ3n) is 1.89. The number of alkyl halides is 6. The molecule has 19 heavy (non-hydrogen) atoms. The Kier molecular flexibility index (Phi) is 3.78. The van der Waals surface area contributed by atoms with Gasteiger partial charge in [0.25, 0.3) is 0 Å². The van der Waals surface area contributed by atoms with Gasteiger partial charge in [-0.2, -0.15) is 18.4 Å². The van der Waals surface area contributed by atoms with Crippen LogP contribution in [-0.2, 0) is 12.6 Å². The topological polar surface area (TPSA) is 65.9 Å². The second kappa shape index (κ2) is 4.83. The Morgan fingerprint density at radius 2 is 1.84 bits per heavy atom. The fourth-order valence-corrected chi connectivity index (χ4v) is 1.22. The molecule has 0 fully saturated rings. The van der Waals surface area contributed by atoms with Gasteiger partial charge in [0.2, 0.25) is 11.3 Å².